The number of fused-ring (bicyclic) bond motifs is 1. The molecule has 0 saturated carbocycles. The second-order valence-electron chi connectivity index (χ2n) is 6.65. The van der Waals surface area contributed by atoms with E-state index in [4.69, 9.17) is 4.74 Å². The standard InChI is InChI=1S/C20H24O/c1-12-8-13(2)10-17(9-12)19-16(5)11-18-14(3)6-7-15(4)20(18)21-19/h6-10,16,19H,11H2,1-5H3. The van der Waals surface area contributed by atoms with Gasteiger partial charge in [0.05, 0.1) is 0 Å². The average Bonchev–Trinajstić information content (AvgIpc) is 2.41. The zero-order valence-corrected chi connectivity index (χ0v) is 13.7. The number of hydrogen-bond acceptors (Lipinski definition) is 1. The van der Waals surface area contributed by atoms with Crippen molar-refractivity contribution in [3.8, 4) is 5.75 Å². The van der Waals surface area contributed by atoms with Crippen LogP contribution in [0.15, 0.2) is 30.3 Å². The lowest BCUT2D eigenvalue weighted by Gasteiger charge is -2.34. The molecule has 2 aromatic carbocycles. The number of hydrogen-bond donors (Lipinski definition) is 0. The summed E-state index contributed by atoms with van der Waals surface area (Å²) in [5.74, 6) is 1.61. The molecule has 0 radical (unpaired) electrons. The Bertz CT molecular complexity index is 664. The molecule has 1 nitrogen and oxygen atoms in total. The molecule has 0 bridgehead atoms. The van der Waals surface area contributed by atoms with Crippen molar-refractivity contribution in [2.45, 2.75) is 47.1 Å². The van der Waals surface area contributed by atoms with E-state index in [1.807, 2.05) is 0 Å². The molecule has 2 aromatic rings. The van der Waals surface area contributed by atoms with Crippen LogP contribution in [0.1, 0.15) is 46.4 Å². The van der Waals surface area contributed by atoms with Crippen LogP contribution in [0.4, 0.5) is 0 Å². The first kappa shape index (κ1) is 14.2. The van der Waals surface area contributed by atoms with E-state index in [9.17, 15) is 0 Å². The van der Waals surface area contributed by atoms with Gasteiger partial charge in [0, 0.05) is 5.92 Å². The lowest BCUT2D eigenvalue weighted by molar-refractivity contribution is 0.122. The SMILES string of the molecule is Cc1cc(C)cc(C2Oc3c(C)ccc(C)c3CC2C)c1. The Hall–Kier alpha value is -1.76. The Kier molecular flexibility index (Phi) is 3.52. The summed E-state index contributed by atoms with van der Waals surface area (Å²) in [5, 5.41) is 0. The second-order valence-corrected chi connectivity index (χ2v) is 6.65. The fraction of sp³-hybridized carbons (Fsp3) is 0.400. The van der Waals surface area contributed by atoms with Crippen molar-refractivity contribution >= 4 is 0 Å². The van der Waals surface area contributed by atoms with Crippen LogP contribution in [-0.4, -0.2) is 0 Å². The predicted octanol–water partition coefficient (Wildman–Crippen LogP) is 5.23. The first-order valence-electron chi connectivity index (χ1n) is 7.79. The van der Waals surface area contributed by atoms with Crippen LogP contribution in [-0.2, 0) is 6.42 Å². The van der Waals surface area contributed by atoms with Crippen LogP contribution in [0.2, 0.25) is 0 Å². The van der Waals surface area contributed by atoms with Gasteiger partial charge in [-0.3, -0.25) is 0 Å². The summed E-state index contributed by atoms with van der Waals surface area (Å²) in [7, 11) is 0. The quantitative estimate of drug-likeness (QED) is 0.694. The molecule has 110 valence electrons. The molecule has 1 heterocycles. The van der Waals surface area contributed by atoms with E-state index in [2.05, 4.69) is 65.0 Å². The van der Waals surface area contributed by atoms with Crippen molar-refractivity contribution in [3.05, 3.63) is 63.7 Å². The van der Waals surface area contributed by atoms with Crippen LogP contribution in [0.25, 0.3) is 0 Å². The van der Waals surface area contributed by atoms with Crippen molar-refractivity contribution in [2.24, 2.45) is 5.92 Å². The predicted molar refractivity (Wildman–Crippen MR) is 88.1 cm³/mol. The lowest BCUT2D eigenvalue weighted by Crippen LogP contribution is -2.25. The van der Waals surface area contributed by atoms with Gasteiger partial charge in [-0.05, 0) is 56.4 Å². The monoisotopic (exact) mass is 280 g/mol. The summed E-state index contributed by atoms with van der Waals surface area (Å²) in [6.07, 6.45) is 1.26. The summed E-state index contributed by atoms with van der Waals surface area (Å²) in [6, 6.07) is 11.1. The van der Waals surface area contributed by atoms with E-state index in [1.165, 1.54) is 33.4 Å². The molecule has 21 heavy (non-hydrogen) atoms. The van der Waals surface area contributed by atoms with Crippen molar-refractivity contribution < 1.29 is 4.74 Å². The Morgan fingerprint density at radius 3 is 2.19 bits per heavy atom. The minimum atomic E-state index is 0.164. The first-order valence-corrected chi connectivity index (χ1v) is 7.79. The highest BCUT2D eigenvalue weighted by molar-refractivity contribution is 5.48. The van der Waals surface area contributed by atoms with Crippen LogP contribution in [0, 0.1) is 33.6 Å². The third-order valence-corrected chi connectivity index (χ3v) is 4.55. The molecule has 2 unspecified atom stereocenters. The van der Waals surface area contributed by atoms with Gasteiger partial charge < -0.3 is 4.74 Å². The third kappa shape index (κ3) is 2.57. The minimum Gasteiger partial charge on any atom is -0.485 e. The van der Waals surface area contributed by atoms with Crippen molar-refractivity contribution in [3.63, 3.8) is 0 Å². The Balaban J connectivity index is 2.04. The highest BCUT2D eigenvalue weighted by Crippen LogP contribution is 2.41. The van der Waals surface area contributed by atoms with E-state index in [1.54, 1.807) is 0 Å². The zero-order valence-electron chi connectivity index (χ0n) is 13.7. The number of ether oxygens (including phenoxy) is 1. The Morgan fingerprint density at radius 2 is 1.52 bits per heavy atom. The van der Waals surface area contributed by atoms with Gasteiger partial charge in [0.2, 0.25) is 0 Å². The molecule has 1 aliphatic rings. The molecular weight excluding hydrogens is 256 g/mol. The minimum absolute atomic E-state index is 0.164. The molecule has 1 aliphatic heterocycles. The molecule has 0 fully saturated rings. The third-order valence-electron chi connectivity index (χ3n) is 4.55. The van der Waals surface area contributed by atoms with Gasteiger partial charge in [0.25, 0.3) is 0 Å². The molecule has 0 amide bonds. The van der Waals surface area contributed by atoms with Gasteiger partial charge in [-0.15, -0.1) is 0 Å². The average molecular weight is 280 g/mol. The zero-order chi connectivity index (χ0) is 15.1. The Labute approximate surface area is 128 Å². The molecule has 2 atom stereocenters. The molecule has 0 spiro atoms. The fourth-order valence-electron chi connectivity index (χ4n) is 3.50. The molecule has 0 aliphatic carbocycles. The maximum Gasteiger partial charge on any atom is 0.127 e. The molecule has 0 N–H and O–H groups in total. The van der Waals surface area contributed by atoms with E-state index < -0.39 is 0 Å². The van der Waals surface area contributed by atoms with E-state index >= 15 is 0 Å². The van der Waals surface area contributed by atoms with Crippen LogP contribution < -0.4 is 4.74 Å². The normalized spacial score (nSPS) is 20.8. The van der Waals surface area contributed by atoms with Gasteiger partial charge in [0.15, 0.2) is 0 Å². The van der Waals surface area contributed by atoms with Gasteiger partial charge in [-0.1, -0.05) is 48.4 Å². The first-order chi connectivity index (χ1) is 9.95. The van der Waals surface area contributed by atoms with Crippen LogP contribution in [0.5, 0.6) is 5.75 Å². The maximum atomic E-state index is 6.45. The number of aryl methyl sites for hydroxylation is 4. The summed E-state index contributed by atoms with van der Waals surface area (Å²) >= 11 is 0. The van der Waals surface area contributed by atoms with Gasteiger partial charge >= 0.3 is 0 Å². The van der Waals surface area contributed by atoms with Gasteiger partial charge in [0.1, 0.15) is 11.9 Å². The highest BCUT2D eigenvalue weighted by atomic mass is 16.5. The largest absolute Gasteiger partial charge is 0.485 e. The lowest BCUT2D eigenvalue weighted by atomic mass is 9.85. The summed E-state index contributed by atoms with van der Waals surface area (Å²) < 4.78 is 6.45. The highest BCUT2D eigenvalue weighted by Gasteiger charge is 2.30. The molecule has 0 saturated heterocycles. The van der Waals surface area contributed by atoms with E-state index in [-0.39, 0.29) is 6.10 Å². The number of rotatable bonds is 1. The molecule has 3 rings (SSSR count). The van der Waals surface area contributed by atoms with Gasteiger partial charge in [-0.25, -0.2) is 0 Å². The number of benzene rings is 2. The summed E-state index contributed by atoms with van der Waals surface area (Å²) in [4.78, 5) is 0. The van der Waals surface area contributed by atoms with Crippen LogP contribution in [0.3, 0.4) is 0 Å². The topological polar surface area (TPSA) is 9.23 Å². The summed E-state index contributed by atoms with van der Waals surface area (Å²) in [5.41, 5.74) is 7.92. The smallest absolute Gasteiger partial charge is 0.127 e. The van der Waals surface area contributed by atoms with Crippen LogP contribution >= 0.6 is 0 Å². The molecular formula is C20H24O. The van der Waals surface area contributed by atoms with Crippen molar-refractivity contribution in [2.75, 3.05) is 0 Å². The fourth-order valence-corrected chi connectivity index (χ4v) is 3.50. The van der Waals surface area contributed by atoms with Gasteiger partial charge in [-0.2, -0.15) is 0 Å². The maximum absolute atomic E-state index is 6.45. The Morgan fingerprint density at radius 1 is 0.905 bits per heavy atom. The van der Waals surface area contributed by atoms with E-state index in [0.717, 1.165) is 12.2 Å². The second kappa shape index (κ2) is 5.22. The van der Waals surface area contributed by atoms with E-state index in [0.29, 0.717) is 5.92 Å². The molecule has 0 aromatic heterocycles. The van der Waals surface area contributed by atoms with Crippen molar-refractivity contribution in [1.29, 1.82) is 0 Å². The van der Waals surface area contributed by atoms with Crippen molar-refractivity contribution in [1.82, 2.24) is 0 Å². The summed E-state index contributed by atoms with van der Waals surface area (Å²) in [6.45, 7) is 11.0. The molecule has 1 heteroatoms.